The van der Waals surface area contributed by atoms with Crippen LogP contribution in [0.5, 0.6) is 0 Å². The van der Waals surface area contributed by atoms with Gasteiger partial charge in [-0.25, -0.2) is 4.79 Å². The number of nitro benzene ring substituents is 1. The van der Waals surface area contributed by atoms with Gasteiger partial charge in [0, 0.05) is 18.7 Å². The molecular formula is C18H27FN2O4. The fraction of sp³-hybridized carbons (Fsp3) is 0.611. The first-order valence-corrected chi connectivity index (χ1v) is 8.15. The summed E-state index contributed by atoms with van der Waals surface area (Å²) in [7, 11) is 0. The lowest BCUT2D eigenvalue weighted by atomic mass is 9.87. The number of nitrogens with zero attached hydrogens (tertiary/aromatic N) is 2. The van der Waals surface area contributed by atoms with E-state index in [0.717, 1.165) is 12.1 Å². The van der Waals surface area contributed by atoms with E-state index in [1.165, 1.54) is 11.0 Å². The summed E-state index contributed by atoms with van der Waals surface area (Å²) in [5.41, 5.74) is -1.04. The molecule has 140 valence electrons. The smallest absolute Gasteiger partial charge is 0.410 e. The largest absolute Gasteiger partial charge is 0.444 e. The number of hydrogen-bond acceptors (Lipinski definition) is 4. The number of benzene rings is 1. The number of carbonyl (C=O) groups excluding carboxylic acids is 1. The average molecular weight is 354 g/mol. The van der Waals surface area contributed by atoms with Crippen LogP contribution < -0.4 is 0 Å². The first-order valence-electron chi connectivity index (χ1n) is 8.15. The lowest BCUT2D eigenvalue weighted by Crippen LogP contribution is -2.47. The molecule has 0 spiro atoms. The van der Waals surface area contributed by atoms with E-state index in [-0.39, 0.29) is 18.0 Å². The second kappa shape index (κ2) is 7.37. The Morgan fingerprint density at radius 3 is 2.28 bits per heavy atom. The van der Waals surface area contributed by atoms with E-state index in [9.17, 15) is 19.3 Å². The molecule has 1 atom stereocenters. The molecule has 6 nitrogen and oxygen atoms in total. The van der Waals surface area contributed by atoms with Crippen LogP contribution in [0.3, 0.4) is 0 Å². The number of carbonyl (C=O) groups is 1. The molecule has 0 aliphatic rings. The van der Waals surface area contributed by atoms with Gasteiger partial charge in [-0.3, -0.25) is 10.1 Å². The van der Waals surface area contributed by atoms with Crippen LogP contribution in [0, 0.1) is 21.3 Å². The first-order chi connectivity index (χ1) is 11.2. The third-order valence-electron chi connectivity index (χ3n) is 3.91. The predicted molar refractivity (Wildman–Crippen MR) is 93.7 cm³/mol. The van der Waals surface area contributed by atoms with Crippen molar-refractivity contribution in [2.45, 2.75) is 66.7 Å². The predicted octanol–water partition coefficient (Wildman–Crippen LogP) is 4.91. The van der Waals surface area contributed by atoms with Gasteiger partial charge >= 0.3 is 11.8 Å². The van der Waals surface area contributed by atoms with E-state index in [1.54, 1.807) is 20.8 Å². The number of ether oxygens (including phenoxy) is 1. The number of amides is 1. The molecule has 0 aliphatic carbocycles. The lowest BCUT2D eigenvalue weighted by Gasteiger charge is -2.38. The highest BCUT2D eigenvalue weighted by Crippen LogP contribution is 2.28. The van der Waals surface area contributed by atoms with Crippen LogP contribution in [-0.2, 0) is 11.3 Å². The van der Waals surface area contributed by atoms with Crippen LogP contribution in [0.15, 0.2) is 18.2 Å². The minimum atomic E-state index is -0.901. The van der Waals surface area contributed by atoms with Crippen LogP contribution in [0.25, 0.3) is 0 Å². The molecule has 0 fully saturated rings. The molecule has 0 saturated heterocycles. The van der Waals surface area contributed by atoms with Gasteiger partial charge in [0.25, 0.3) is 0 Å². The van der Waals surface area contributed by atoms with Crippen molar-refractivity contribution in [3.63, 3.8) is 0 Å². The molecule has 0 saturated carbocycles. The molecule has 0 aromatic heterocycles. The van der Waals surface area contributed by atoms with Crippen LogP contribution in [-0.4, -0.2) is 27.6 Å². The molecule has 1 aromatic rings. The molecule has 1 amide bonds. The molecule has 0 radical (unpaired) electrons. The van der Waals surface area contributed by atoms with Gasteiger partial charge in [0.05, 0.1) is 4.92 Å². The minimum Gasteiger partial charge on any atom is -0.444 e. The van der Waals surface area contributed by atoms with Crippen LogP contribution in [0.4, 0.5) is 14.9 Å². The Kier molecular flexibility index (Phi) is 6.15. The van der Waals surface area contributed by atoms with Crippen molar-refractivity contribution >= 4 is 11.8 Å². The van der Waals surface area contributed by atoms with E-state index in [2.05, 4.69) is 0 Å². The quantitative estimate of drug-likeness (QED) is 0.569. The zero-order chi connectivity index (χ0) is 19.6. The summed E-state index contributed by atoms with van der Waals surface area (Å²) >= 11 is 0. The highest BCUT2D eigenvalue weighted by atomic mass is 19.1. The van der Waals surface area contributed by atoms with Gasteiger partial charge in [-0.1, -0.05) is 26.8 Å². The van der Waals surface area contributed by atoms with E-state index in [0.29, 0.717) is 5.56 Å². The highest BCUT2D eigenvalue weighted by Gasteiger charge is 2.33. The Morgan fingerprint density at radius 2 is 1.84 bits per heavy atom. The average Bonchev–Trinajstić information content (AvgIpc) is 2.42. The fourth-order valence-corrected chi connectivity index (χ4v) is 2.14. The second-order valence-corrected chi connectivity index (χ2v) is 8.19. The molecule has 0 bridgehead atoms. The van der Waals surface area contributed by atoms with Gasteiger partial charge < -0.3 is 9.64 Å². The van der Waals surface area contributed by atoms with Crippen molar-refractivity contribution in [3.05, 3.63) is 39.7 Å². The molecule has 0 aliphatic heterocycles. The van der Waals surface area contributed by atoms with Crippen molar-refractivity contribution in [3.8, 4) is 0 Å². The topological polar surface area (TPSA) is 72.7 Å². The Balaban J connectivity index is 3.19. The summed E-state index contributed by atoms with van der Waals surface area (Å²) in [6.45, 7) is 13.3. The zero-order valence-corrected chi connectivity index (χ0v) is 15.9. The van der Waals surface area contributed by atoms with E-state index >= 15 is 0 Å². The summed E-state index contributed by atoms with van der Waals surface area (Å²) in [5.74, 6) is -0.901. The molecule has 1 rings (SSSR count). The summed E-state index contributed by atoms with van der Waals surface area (Å²) < 4.78 is 19.0. The molecule has 0 heterocycles. The number of hydrogen-bond donors (Lipinski definition) is 0. The summed E-state index contributed by atoms with van der Waals surface area (Å²) in [4.78, 5) is 24.3. The molecule has 7 heteroatoms. The second-order valence-electron chi connectivity index (χ2n) is 8.19. The van der Waals surface area contributed by atoms with Gasteiger partial charge in [0.1, 0.15) is 5.60 Å². The number of halogens is 1. The van der Waals surface area contributed by atoms with E-state index in [1.807, 2.05) is 27.7 Å². The third kappa shape index (κ3) is 5.99. The van der Waals surface area contributed by atoms with Crippen LogP contribution in [0.2, 0.25) is 0 Å². The Hall–Kier alpha value is -2.18. The van der Waals surface area contributed by atoms with Gasteiger partial charge in [0.2, 0.25) is 5.82 Å². The standard InChI is InChI=1S/C18H27FN2O4/c1-12(17(2,3)4)20(16(22)25-18(5,6)7)11-13-8-9-14(19)15(10-13)21(23)24/h8-10,12H,11H2,1-7H3. The normalized spacial score (nSPS) is 13.3. The summed E-state index contributed by atoms with van der Waals surface area (Å²) in [6, 6.07) is 3.44. The third-order valence-corrected chi connectivity index (χ3v) is 3.91. The monoisotopic (exact) mass is 354 g/mol. The van der Waals surface area contributed by atoms with Gasteiger partial charge in [-0.15, -0.1) is 0 Å². The SMILES string of the molecule is CC(N(Cc1ccc(F)c([N+](=O)[O-])c1)C(=O)OC(C)(C)C)C(C)(C)C. The Labute approximate surface area is 148 Å². The summed E-state index contributed by atoms with van der Waals surface area (Å²) in [6.07, 6.45) is -0.512. The van der Waals surface area contributed by atoms with E-state index < -0.39 is 28.1 Å². The highest BCUT2D eigenvalue weighted by molar-refractivity contribution is 5.68. The van der Waals surface area contributed by atoms with Gasteiger partial charge in [-0.05, 0) is 44.7 Å². The van der Waals surface area contributed by atoms with Crippen molar-refractivity contribution < 1.29 is 18.8 Å². The van der Waals surface area contributed by atoms with E-state index in [4.69, 9.17) is 4.74 Å². The van der Waals surface area contributed by atoms with Crippen molar-refractivity contribution in [2.75, 3.05) is 0 Å². The van der Waals surface area contributed by atoms with Crippen molar-refractivity contribution in [2.24, 2.45) is 5.41 Å². The first kappa shape index (κ1) is 20.9. The number of nitro groups is 1. The molecule has 1 unspecified atom stereocenters. The molecular weight excluding hydrogens is 327 g/mol. The van der Waals surface area contributed by atoms with Crippen LogP contribution >= 0.6 is 0 Å². The maximum atomic E-state index is 13.5. The molecule has 25 heavy (non-hydrogen) atoms. The minimum absolute atomic E-state index is 0.0917. The van der Waals surface area contributed by atoms with Crippen LogP contribution in [0.1, 0.15) is 54.0 Å². The summed E-state index contributed by atoms with van der Waals surface area (Å²) in [5, 5.41) is 10.9. The maximum absolute atomic E-state index is 13.5. The van der Waals surface area contributed by atoms with Crippen molar-refractivity contribution in [1.29, 1.82) is 0 Å². The lowest BCUT2D eigenvalue weighted by molar-refractivity contribution is -0.387. The maximum Gasteiger partial charge on any atom is 0.410 e. The van der Waals surface area contributed by atoms with Crippen molar-refractivity contribution in [1.82, 2.24) is 4.90 Å². The molecule has 0 N–H and O–H groups in total. The van der Waals surface area contributed by atoms with Gasteiger partial charge in [-0.2, -0.15) is 4.39 Å². The molecule has 1 aromatic carbocycles. The van der Waals surface area contributed by atoms with Gasteiger partial charge in [0.15, 0.2) is 0 Å². The fourth-order valence-electron chi connectivity index (χ4n) is 2.14. The number of rotatable bonds is 4. The Bertz CT molecular complexity index is 647. The zero-order valence-electron chi connectivity index (χ0n) is 15.9. The Morgan fingerprint density at radius 1 is 1.28 bits per heavy atom.